The Morgan fingerprint density at radius 1 is 0.902 bits per heavy atom. The molecule has 1 heterocycles. The normalized spacial score (nSPS) is 13.8. The molecule has 0 radical (unpaired) electrons. The Kier molecular flexibility index (Phi) is 12.5. The number of hydrogen-bond donors (Lipinski definition) is 10. The van der Waals surface area contributed by atoms with Crippen LogP contribution < -0.4 is 33.2 Å². The number of H-pyrrole nitrogens is 1. The average molecular weight is 577 g/mol. The van der Waals surface area contributed by atoms with Crippen molar-refractivity contribution in [2.45, 2.75) is 56.3 Å². The smallest absolute Gasteiger partial charge is 0.326 e. The molecule has 0 aliphatic heterocycles. The molecule has 0 aliphatic carbocycles. The van der Waals surface area contributed by atoms with E-state index in [0.717, 1.165) is 16.5 Å². The fourth-order valence-electron chi connectivity index (χ4n) is 3.95. The number of aliphatic carboxylic acids is 2. The number of rotatable bonds is 17. The van der Waals surface area contributed by atoms with Gasteiger partial charge in [-0.1, -0.05) is 18.2 Å². The Hall–Kier alpha value is -4.70. The highest BCUT2D eigenvalue weighted by molar-refractivity contribution is 5.94. The first-order chi connectivity index (χ1) is 19.4. The second-order valence-corrected chi connectivity index (χ2v) is 9.26. The lowest BCUT2D eigenvalue weighted by atomic mass is 10.0. The van der Waals surface area contributed by atoms with E-state index in [2.05, 4.69) is 25.9 Å². The topological polar surface area (TPSA) is 288 Å². The van der Waals surface area contributed by atoms with Crippen LogP contribution in [0, 0.1) is 0 Å². The molecule has 41 heavy (non-hydrogen) atoms. The fourth-order valence-corrected chi connectivity index (χ4v) is 3.95. The minimum absolute atomic E-state index is 0.0545. The van der Waals surface area contributed by atoms with E-state index in [-0.39, 0.29) is 38.2 Å². The van der Waals surface area contributed by atoms with Gasteiger partial charge in [0.2, 0.25) is 17.7 Å². The predicted octanol–water partition coefficient (Wildman–Crippen LogP) is -2.51. The molecule has 0 saturated heterocycles. The van der Waals surface area contributed by atoms with Crippen molar-refractivity contribution in [2.24, 2.45) is 22.2 Å². The Bertz CT molecular complexity index is 1260. The number of aromatic amines is 1. The van der Waals surface area contributed by atoms with Gasteiger partial charge < -0.3 is 53.5 Å². The Morgan fingerprint density at radius 2 is 1.54 bits per heavy atom. The van der Waals surface area contributed by atoms with Gasteiger partial charge >= 0.3 is 11.9 Å². The second-order valence-electron chi connectivity index (χ2n) is 9.26. The van der Waals surface area contributed by atoms with E-state index in [1.54, 1.807) is 6.20 Å². The number of carbonyl (C=O) groups is 5. The van der Waals surface area contributed by atoms with Crippen molar-refractivity contribution >= 4 is 46.5 Å². The molecule has 0 saturated carbocycles. The molecule has 224 valence electrons. The Morgan fingerprint density at radius 3 is 2.17 bits per heavy atom. The van der Waals surface area contributed by atoms with Crippen molar-refractivity contribution < 1.29 is 39.3 Å². The van der Waals surface area contributed by atoms with E-state index in [1.165, 1.54) is 0 Å². The van der Waals surface area contributed by atoms with Crippen molar-refractivity contribution in [1.29, 1.82) is 0 Å². The molecule has 0 bridgehead atoms. The minimum Gasteiger partial charge on any atom is -0.481 e. The van der Waals surface area contributed by atoms with E-state index in [4.69, 9.17) is 22.3 Å². The zero-order valence-electron chi connectivity index (χ0n) is 22.2. The van der Waals surface area contributed by atoms with Crippen LogP contribution in [0.25, 0.3) is 10.9 Å². The van der Waals surface area contributed by atoms with Gasteiger partial charge in [-0.3, -0.25) is 24.2 Å². The Labute approximate surface area is 234 Å². The molecule has 3 amide bonds. The summed E-state index contributed by atoms with van der Waals surface area (Å²) >= 11 is 0. The standard InChI is InChI=1S/C25H36N8O8/c26-15(10-13-11-30-16-5-2-1-4-14(13)16)21(37)33-19(12-34)23(39)31-17(7-8-20(35)36)22(38)32-18(24(40)41)6-3-9-29-25(27)28/h1-2,4-5,11,15,17-19,30,34H,3,6-10,12,26H2,(H,31,39)(H,32,38)(H,33,37)(H,35,36)(H,40,41)(H4,27,28,29). The lowest BCUT2D eigenvalue weighted by Crippen LogP contribution is -2.58. The van der Waals surface area contributed by atoms with Gasteiger partial charge in [0.05, 0.1) is 12.6 Å². The van der Waals surface area contributed by atoms with Crippen LogP contribution in [0.5, 0.6) is 0 Å². The van der Waals surface area contributed by atoms with E-state index in [1.807, 2.05) is 24.3 Å². The number of aliphatic imine (C=N–C) groups is 1. The summed E-state index contributed by atoms with van der Waals surface area (Å²) in [6.07, 6.45) is 1.06. The van der Waals surface area contributed by atoms with Gasteiger partial charge in [-0.05, 0) is 37.3 Å². The van der Waals surface area contributed by atoms with Crippen LogP contribution in [0.3, 0.4) is 0 Å². The number of aliphatic hydroxyl groups is 1. The highest BCUT2D eigenvalue weighted by Gasteiger charge is 2.30. The van der Waals surface area contributed by atoms with Crippen LogP contribution in [0.2, 0.25) is 0 Å². The number of nitrogens with zero attached hydrogens (tertiary/aromatic N) is 1. The highest BCUT2D eigenvalue weighted by Crippen LogP contribution is 2.18. The zero-order valence-corrected chi connectivity index (χ0v) is 22.2. The highest BCUT2D eigenvalue weighted by atomic mass is 16.4. The van der Waals surface area contributed by atoms with Crippen LogP contribution >= 0.6 is 0 Å². The molecule has 4 unspecified atom stereocenters. The molecule has 4 atom stereocenters. The van der Waals surface area contributed by atoms with E-state index < -0.39 is 66.9 Å². The summed E-state index contributed by atoms with van der Waals surface area (Å²) in [6, 6.07) is 1.93. The third kappa shape index (κ3) is 10.4. The first-order valence-corrected chi connectivity index (χ1v) is 12.8. The predicted molar refractivity (Wildman–Crippen MR) is 147 cm³/mol. The van der Waals surface area contributed by atoms with Gasteiger partial charge in [0.1, 0.15) is 18.1 Å². The van der Waals surface area contributed by atoms with Crippen molar-refractivity contribution in [3.05, 3.63) is 36.0 Å². The third-order valence-electron chi connectivity index (χ3n) is 6.11. The summed E-state index contributed by atoms with van der Waals surface area (Å²) in [5.41, 5.74) is 18.1. The molecule has 1 aromatic carbocycles. The quantitative estimate of drug-likeness (QED) is 0.0533. The molecule has 2 rings (SSSR count). The lowest BCUT2D eigenvalue weighted by molar-refractivity contribution is -0.143. The molecule has 13 N–H and O–H groups in total. The van der Waals surface area contributed by atoms with Crippen molar-refractivity contribution in [2.75, 3.05) is 13.2 Å². The monoisotopic (exact) mass is 576 g/mol. The number of carboxylic acid groups (broad SMARTS) is 2. The summed E-state index contributed by atoms with van der Waals surface area (Å²) in [4.78, 5) is 68.0. The molecule has 1 aromatic heterocycles. The molecular weight excluding hydrogens is 540 g/mol. The summed E-state index contributed by atoms with van der Waals surface area (Å²) in [5.74, 6) is -5.52. The van der Waals surface area contributed by atoms with Gasteiger partial charge in [0.15, 0.2) is 5.96 Å². The molecule has 16 nitrogen and oxygen atoms in total. The SMILES string of the molecule is NC(N)=NCCCC(NC(=O)C(CCC(=O)O)NC(=O)C(CO)NC(=O)C(N)Cc1c[nH]c2ccccc12)C(=O)O. The minimum atomic E-state index is -1.52. The Balaban J connectivity index is 2.04. The molecule has 0 aliphatic rings. The summed E-state index contributed by atoms with van der Waals surface area (Å²) < 4.78 is 0. The number of carboxylic acids is 2. The number of hydrogen-bond acceptors (Lipinski definition) is 8. The summed E-state index contributed by atoms with van der Waals surface area (Å²) in [6.45, 7) is -0.741. The molecule has 2 aromatic rings. The largest absolute Gasteiger partial charge is 0.481 e. The maximum absolute atomic E-state index is 12.9. The van der Waals surface area contributed by atoms with Crippen LogP contribution in [0.15, 0.2) is 35.5 Å². The van der Waals surface area contributed by atoms with Gasteiger partial charge in [0.25, 0.3) is 0 Å². The maximum atomic E-state index is 12.9. The number of guanidine groups is 1. The third-order valence-corrected chi connectivity index (χ3v) is 6.11. The van der Waals surface area contributed by atoms with Gasteiger partial charge in [-0.2, -0.15) is 0 Å². The first-order valence-electron chi connectivity index (χ1n) is 12.8. The number of aliphatic hydroxyl groups excluding tert-OH is 1. The van der Waals surface area contributed by atoms with Crippen molar-refractivity contribution in [1.82, 2.24) is 20.9 Å². The van der Waals surface area contributed by atoms with Crippen molar-refractivity contribution in [3.63, 3.8) is 0 Å². The molecule has 16 heteroatoms. The fraction of sp³-hybridized carbons (Fsp3) is 0.440. The van der Waals surface area contributed by atoms with Gasteiger partial charge in [-0.25, -0.2) is 4.79 Å². The van der Waals surface area contributed by atoms with Crippen LogP contribution in [0.4, 0.5) is 0 Å². The second kappa shape index (κ2) is 15.8. The van der Waals surface area contributed by atoms with Gasteiger partial charge in [-0.15, -0.1) is 0 Å². The molecule has 0 spiro atoms. The van der Waals surface area contributed by atoms with E-state index in [9.17, 15) is 34.2 Å². The lowest BCUT2D eigenvalue weighted by Gasteiger charge is -2.24. The summed E-state index contributed by atoms with van der Waals surface area (Å²) in [5, 5.41) is 36.0. The van der Waals surface area contributed by atoms with Crippen LogP contribution in [-0.2, 0) is 30.4 Å². The number of benzene rings is 1. The average Bonchev–Trinajstić information content (AvgIpc) is 3.33. The first kappa shape index (κ1) is 32.5. The van der Waals surface area contributed by atoms with E-state index in [0.29, 0.717) is 0 Å². The number of para-hydroxylation sites is 1. The number of nitrogens with one attached hydrogen (secondary N) is 4. The van der Waals surface area contributed by atoms with Gasteiger partial charge in [0, 0.05) is 30.1 Å². The van der Waals surface area contributed by atoms with Crippen LogP contribution in [-0.4, -0.2) is 93.2 Å². The van der Waals surface area contributed by atoms with Crippen LogP contribution in [0.1, 0.15) is 31.2 Å². The summed E-state index contributed by atoms with van der Waals surface area (Å²) in [7, 11) is 0. The number of amides is 3. The molecular formula is C25H36N8O8. The zero-order chi connectivity index (χ0) is 30.5. The maximum Gasteiger partial charge on any atom is 0.326 e. The van der Waals surface area contributed by atoms with E-state index >= 15 is 0 Å². The van der Waals surface area contributed by atoms with Crippen molar-refractivity contribution in [3.8, 4) is 0 Å². The number of fused-ring (bicyclic) bond motifs is 1. The number of nitrogens with two attached hydrogens (primary N) is 3. The number of carbonyl (C=O) groups excluding carboxylic acids is 3. The molecule has 0 fully saturated rings. The number of aromatic nitrogens is 1.